The number of aliphatic carboxylic acids is 1. The highest BCUT2D eigenvalue weighted by molar-refractivity contribution is 7.98. The van der Waals surface area contributed by atoms with Crippen LogP contribution in [0.25, 0.3) is 0 Å². The Morgan fingerprint density at radius 3 is 2.48 bits per heavy atom. The number of carboxylic acid groups (broad SMARTS) is 1. The molecule has 5 N–H and O–H groups in total. The van der Waals surface area contributed by atoms with E-state index in [0.29, 0.717) is 5.75 Å². The zero-order valence-corrected chi connectivity index (χ0v) is 13.7. The lowest BCUT2D eigenvalue weighted by atomic mass is 10.2. The van der Waals surface area contributed by atoms with E-state index in [0.717, 1.165) is 12.2 Å². The number of hydrogen-bond donors (Lipinski definition) is 4. The molecule has 0 aromatic carbocycles. The summed E-state index contributed by atoms with van der Waals surface area (Å²) in [6, 6.07) is -2.14. The minimum atomic E-state index is -1.15. The number of carbonyl (C=O) groups is 4. The molecular weight excluding hydrogens is 326 g/mol. The van der Waals surface area contributed by atoms with Gasteiger partial charge in [0.15, 0.2) is 0 Å². The van der Waals surface area contributed by atoms with Gasteiger partial charge in [0.1, 0.15) is 12.1 Å². The van der Waals surface area contributed by atoms with Crippen LogP contribution in [-0.2, 0) is 23.9 Å². The molecule has 0 aliphatic rings. The molecule has 0 fully saturated rings. The molecule has 0 aliphatic carbocycles. The Hall–Kier alpha value is -2.07. The molecule has 130 valence electrons. The molecule has 0 radical (unpaired) electrons. The van der Waals surface area contributed by atoms with Gasteiger partial charge in [-0.05, 0) is 18.4 Å². The zero-order valence-electron chi connectivity index (χ0n) is 12.9. The van der Waals surface area contributed by atoms with E-state index in [1.807, 2.05) is 6.26 Å². The highest BCUT2D eigenvalue weighted by Gasteiger charge is 2.22. The van der Waals surface area contributed by atoms with Gasteiger partial charge in [0, 0.05) is 18.7 Å². The van der Waals surface area contributed by atoms with E-state index in [9.17, 15) is 19.2 Å². The second kappa shape index (κ2) is 11.5. The van der Waals surface area contributed by atoms with Crippen LogP contribution in [0.15, 0.2) is 12.2 Å². The Bertz CT molecular complexity index is 469. The van der Waals surface area contributed by atoms with E-state index in [-0.39, 0.29) is 13.0 Å². The van der Waals surface area contributed by atoms with Crippen molar-refractivity contribution in [2.24, 2.45) is 5.73 Å². The van der Waals surface area contributed by atoms with Crippen LogP contribution in [0.2, 0.25) is 0 Å². The van der Waals surface area contributed by atoms with Crippen molar-refractivity contribution >= 4 is 35.5 Å². The van der Waals surface area contributed by atoms with Gasteiger partial charge < -0.3 is 26.2 Å². The molecule has 0 aliphatic heterocycles. The summed E-state index contributed by atoms with van der Waals surface area (Å²) >= 11 is 1.46. The van der Waals surface area contributed by atoms with Gasteiger partial charge in [-0.25, -0.2) is 9.59 Å². The normalized spacial score (nSPS) is 13.2. The number of ether oxygens (including phenoxy) is 1. The highest BCUT2D eigenvalue weighted by atomic mass is 32.2. The second-order valence-corrected chi connectivity index (χ2v) is 5.37. The predicted octanol–water partition coefficient (Wildman–Crippen LogP) is -1.52. The number of rotatable bonds is 10. The predicted molar refractivity (Wildman–Crippen MR) is 84.7 cm³/mol. The Morgan fingerprint density at radius 2 is 1.96 bits per heavy atom. The number of thioether (sulfide) groups is 1. The summed E-state index contributed by atoms with van der Waals surface area (Å²) in [5.74, 6) is -2.59. The lowest BCUT2D eigenvalue weighted by molar-refractivity contribution is -0.142. The van der Waals surface area contributed by atoms with E-state index in [1.54, 1.807) is 0 Å². The summed E-state index contributed by atoms with van der Waals surface area (Å²) in [4.78, 5) is 45.0. The van der Waals surface area contributed by atoms with Gasteiger partial charge in [0.05, 0.1) is 7.11 Å². The van der Waals surface area contributed by atoms with E-state index in [1.165, 1.54) is 18.9 Å². The van der Waals surface area contributed by atoms with Crippen molar-refractivity contribution in [3.05, 3.63) is 12.2 Å². The van der Waals surface area contributed by atoms with Crippen LogP contribution in [0.4, 0.5) is 0 Å². The van der Waals surface area contributed by atoms with Crippen molar-refractivity contribution in [2.75, 3.05) is 25.7 Å². The third kappa shape index (κ3) is 9.53. The zero-order chi connectivity index (χ0) is 17.8. The quantitative estimate of drug-likeness (QED) is 0.275. The SMILES string of the molecule is COC(=O)/C=C/C(=O)NCC(N)C(=O)N[C@@H](CCSC)C(=O)O. The van der Waals surface area contributed by atoms with E-state index in [2.05, 4.69) is 15.4 Å². The van der Waals surface area contributed by atoms with E-state index >= 15 is 0 Å². The van der Waals surface area contributed by atoms with Crippen molar-refractivity contribution in [2.45, 2.75) is 18.5 Å². The average Bonchev–Trinajstić information content (AvgIpc) is 2.53. The molecule has 2 atom stereocenters. The standard InChI is InChI=1S/C13H21N3O6S/c1-22-11(18)4-3-10(17)15-7-8(14)12(19)16-9(13(20)21)5-6-23-2/h3-4,8-9H,5-7,14H2,1-2H3,(H,15,17)(H,16,19)(H,20,21)/b4-3+/t8?,9-/m0/s1. The summed E-state index contributed by atoms with van der Waals surface area (Å²) in [5, 5.41) is 13.6. The fourth-order valence-corrected chi connectivity index (χ4v) is 1.82. The molecule has 9 nitrogen and oxygen atoms in total. The summed E-state index contributed by atoms with van der Waals surface area (Å²) < 4.78 is 4.31. The van der Waals surface area contributed by atoms with Gasteiger partial charge in [-0.3, -0.25) is 9.59 Å². The van der Waals surface area contributed by atoms with Crippen molar-refractivity contribution in [3.63, 3.8) is 0 Å². The van der Waals surface area contributed by atoms with Gasteiger partial charge in [0.2, 0.25) is 11.8 Å². The third-order valence-electron chi connectivity index (χ3n) is 2.63. The minimum Gasteiger partial charge on any atom is -0.480 e. The molecule has 0 aromatic rings. The Labute approximate surface area is 138 Å². The van der Waals surface area contributed by atoms with Crippen LogP contribution < -0.4 is 16.4 Å². The van der Waals surface area contributed by atoms with Crippen LogP contribution in [0.5, 0.6) is 0 Å². The van der Waals surface area contributed by atoms with Crippen LogP contribution in [-0.4, -0.2) is 66.6 Å². The molecule has 0 saturated carbocycles. The largest absolute Gasteiger partial charge is 0.480 e. The summed E-state index contributed by atoms with van der Waals surface area (Å²) in [5.41, 5.74) is 5.58. The lowest BCUT2D eigenvalue weighted by Crippen LogP contribution is -2.52. The van der Waals surface area contributed by atoms with Gasteiger partial charge in [-0.2, -0.15) is 11.8 Å². The van der Waals surface area contributed by atoms with E-state index in [4.69, 9.17) is 10.8 Å². The number of nitrogens with two attached hydrogens (primary N) is 1. The number of amides is 2. The molecule has 0 saturated heterocycles. The minimum absolute atomic E-state index is 0.203. The molecule has 0 bridgehead atoms. The van der Waals surface area contributed by atoms with Crippen LogP contribution >= 0.6 is 11.8 Å². The third-order valence-corrected chi connectivity index (χ3v) is 3.27. The molecule has 0 spiro atoms. The lowest BCUT2D eigenvalue weighted by Gasteiger charge is -2.17. The summed E-state index contributed by atoms with van der Waals surface area (Å²) in [6.07, 6.45) is 3.95. The van der Waals surface area contributed by atoms with Gasteiger partial charge in [-0.1, -0.05) is 0 Å². The number of esters is 1. The van der Waals surface area contributed by atoms with Gasteiger partial charge >= 0.3 is 11.9 Å². The molecule has 0 aromatic heterocycles. The first-order valence-electron chi connectivity index (χ1n) is 6.63. The van der Waals surface area contributed by atoms with Crippen LogP contribution in [0.3, 0.4) is 0 Å². The number of methoxy groups -OCH3 is 1. The smallest absolute Gasteiger partial charge is 0.330 e. The monoisotopic (exact) mass is 347 g/mol. The maximum Gasteiger partial charge on any atom is 0.330 e. The highest BCUT2D eigenvalue weighted by Crippen LogP contribution is 2.01. The van der Waals surface area contributed by atoms with E-state index < -0.39 is 35.8 Å². The fourth-order valence-electron chi connectivity index (χ4n) is 1.35. The van der Waals surface area contributed by atoms with Crippen molar-refractivity contribution < 1.29 is 29.0 Å². The van der Waals surface area contributed by atoms with Crippen LogP contribution in [0, 0.1) is 0 Å². The molecule has 1 unspecified atom stereocenters. The van der Waals surface area contributed by atoms with Crippen LogP contribution in [0.1, 0.15) is 6.42 Å². The Balaban J connectivity index is 4.33. The summed E-state index contributed by atoms with van der Waals surface area (Å²) in [7, 11) is 1.17. The average molecular weight is 347 g/mol. The number of nitrogens with one attached hydrogen (secondary N) is 2. The topological polar surface area (TPSA) is 148 Å². The maximum atomic E-state index is 11.8. The van der Waals surface area contributed by atoms with Gasteiger partial charge in [0.25, 0.3) is 0 Å². The maximum absolute atomic E-state index is 11.8. The molecule has 2 amide bonds. The molecular formula is C13H21N3O6S. The molecule has 0 rings (SSSR count). The van der Waals surface area contributed by atoms with Crippen molar-refractivity contribution in [3.8, 4) is 0 Å². The van der Waals surface area contributed by atoms with Gasteiger partial charge in [-0.15, -0.1) is 0 Å². The first-order valence-corrected chi connectivity index (χ1v) is 8.02. The van der Waals surface area contributed by atoms with Crippen molar-refractivity contribution in [1.29, 1.82) is 0 Å². The van der Waals surface area contributed by atoms with Crippen molar-refractivity contribution in [1.82, 2.24) is 10.6 Å². The fraction of sp³-hybridized carbons (Fsp3) is 0.538. The first-order chi connectivity index (χ1) is 10.8. The second-order valence-electron chi connectivity index (χ2n) is 4.39. The Kier molecular flexibility index (Phi) is 10.5. The molecule has 10 heteroatoms. The first kappa shape index (κ1) is 20.9. The summed E-state index contributed by atoms with van der Waals surface area (Å²) in [6.45, 7) is -0.203. The Morgan fingerprint density at radius 1 is 1.30 bits per heavy atom. The number of hydrogen-bond acceptors (Lipinski definition) is 7. The molecule has 0 heterocycles. The number of carboxylic acids is 1. The number of carbonyl (C=O) groups excluding carboxylic acids is 3. The molecule has 23 heavy (non-hydrogen) atoms.